The predicted molar refractivity (Wildman–Crippen MR) is 85.9 cm³/mol. The lowest BCUT2D eigenvalue weighted by Crippen LogP contribution is -2.27. The summed E-state index contributed by atoms with van der Waals surface area (Å²) in [5.41, 5.74) is -0.958. The fraction of sp³-hybridized carbons (Fsp3) is 0.312. The molecule has 1 aromatic carbocycles. The molecule has 0 amide bonds. The van der Waals surface area contributed by atoms with E-state index in [0.717, 1.165) is 23.7 Å². The van der Waals surface area contributed by atoms with E-state index in [2.05, 4.69) is 9.93 Å². The third-order valence-electron chi connectivity index (χ3n) is 3.92. The van der Waals surface area contributed by atoms with Crippen molar-refractivity contribution >= 4 is 10.0 Å². The van der Waals surface area contributed by atoms with Crippen LogP contribution in [-0.2, 0) is 16.2 Å². The van der Waals surface area contributed by atoms with Crippen LogP contribution in [0.3, 0.4) is 0 Å². The molecule has 134 valence electrons. The van der Waals surface area contributed by atoms with Gasteiger partial charge in [-0.15, -0.1) is 5.10 Å². The molecule has 25 heavy (non-hydrogen) atoms. The van der Waals surface area contributed by atoms with Crippen molar-refractivity contribution in [3.63, 3.8) is 0 Å². The fourth-order valence-corrected chi connectivity index (χ4v) is 3.69. The van der Waals surface area contributed by atoms with Crippen LogP contribution in [0.15, 0.2) is 53.4 Å². The van der Waals surface area contributed by atoms with Crippen molar-refractivity contribution in [1.29, 1.82) is 0 Å². The van der Waals surface area contributed by atoms with Gasteiger partial charge in [-0.05, 0) is 37.5 Å². The average Bonchev–Trinajstić information content (AvgIpc) is 3.00. The number of alkyl halides is 3. The zero-order valence-electron chi connectivity index (χ0n) is 13.1. The Morgan fingerprint density at radius 3 is 2.52 bits per heavy atom. The van der Waals surface area contributed by atoms with Crippen LogP contribution in [0.2, 0.25) is 0 Å². The Kier molecular flexibility index (Phi) is 4.59. The van der Waals surface area contributed by atoms with Gasteiger partial charge in [0.15, 0.2) is 5.69 Å². The summed E-state index contributed by atoms with van der Waals surface area (Å²) in [7, 11) is -4.05. The lowest BCUT2D eigenvalue weighted by atomic mass is 9.93. The number of rotatable bonds is 4. The Morgan fingerprint density at radius 1 is 1.20 bits per heavy atom. The maximum absolute atomic E-state index is 13.0. The quantitative estimate of drug-likeness (QED) is 0.835. The van der Waals surface area contributed by atoms with E-state index in [1.54, 1.807) is 12.1 Å². The highest BCUT2D eigenvalue weighted by Gasteiger charge is 2.36. The van der Waals surface area contributed by atoms with E-state index in [4.69, 9.17) is 0 Å². The van der Waals surface area contributed by atoms with Gasteiger partial charge in [0, 0.05) is 5.92 Å². The van der Waals surface area contributed by atoms with E-state index in [0.29, 0.717) is 6.42 Å². The topological polar surface area (TPSA) is 64.0 Å². The Balaban J connectivity index is 2.01. The van der Waals surface area contributed by atoms with Crippen LogP contribution < -0.4 is 4.83 Å². The number of hydrogen-bond acceptors (Lipinski definition) is 3. The lowest BCUT2D eigenvalue weighted by Gasteiger charge is -2.18. The van der Waals surface area contributed by atoms with Crippen molar-refractivity contribution in [2.75, 3.05) is 4.83 Å². The molecule has 1 unspecified atom stereocenters. The molecule has 1 aromatic heterocycles. The minimum atomic E-state index is -4.66. The number of benzene rings is 1. The fourth-order valence-electron chi connectivity index (χ4n) is 2.70. The first kappa shape index (κ1) is 17.5. The molecule has 1 N–H and O–H groups in total. The standard InChI is InChI=1S/C16H16F3N3O2S/c17-16(18,19)15-11-14(12-7-3-1-4-8-12)22(20-15)21-25(23,24)13-9-5-2-6-10-13/h2-3,5-7,9-12,21H,1,4,8H2. The van der Waals surface area contributed by atoms with E-state index < -0.39 is 21.9 Å². The number of nitrogens with zero attached hydrogens (tertiary/aromatic N) is 2. The van der Waals surface area contributed by atoms with Gasteiger partial charge in [-0.25, -0.2) is 0 Å². The number of halogens is 3. The van der Waals surface area contributed by atoms with E-state index >= 15 is 0 Å². The molecule has 0 saturated heterocycles. The summed E-state index contributed by atoms with van der Waals surface area (Å²) in [6, 6.07) is 8.32. The molecule has 2 aromatic rings. The van der Waals surface area contributed by atoms with Gasteiger partial charge in [0.25, 0.3) is 10.0 Å². The van der Waals surface area contributed by atoms with Crippen molar-refractivity contribution < 1.29 is 21.6 Å². The molecule has 1 aliphatic carbocycles. The summed E-state index contributed by atoms with van der Waals surface area (Å²) >= 11 is 0. The van der Waals surface area contributed by atoms with E-state index in [9.17, 15) is 21.6 Å². The number of nitrogens with one attached hydrogen (secondary N) is 1. The Morgan fingerprint density at radius 2 is 1.92 bits per heavy atom. The van der Waals surface area contributed by atoms with Crippen molar-refractivity contribution in [1.82, 2.24) is 9.89 Å². The first-order chi connectivity index (χ1) is 11.8. The Bertz CT molecular complexity index is 874. The van der Waals surface area contributed by atoms with Crippen molar-refractivity contribution in [2.45, 2.75) is 36.3 Å². The molecule has 5 nitrogen and oxygen atoms in total. The van der Waals surface area contributed by atoms with Gasteiger partial charge in [0.2, 0.25) is 0 Å². The summed E-state index contributed by atoms with van der Waals surface area (Å²) in [5.74, 6) is -0.323. The zero-order valence-corrected chi connectivity index (χ0v) is 13.9. The second-order valence-corrected chi connectivity index (χ2v) is 7.40. The van der Waals surface area contributed by atoms with Gasteiger partial charge in [-0.1, -0.05) is 30.4 Å². The molecule has 1 heterocycles. The maximum Gasteiger partial charge on any atom is 0.435 e. The summed E-state index contributed by atoms with van der Waals surface area (Å²) in [4.78, 5) is 2.81. The minimum Gasteiger partial charge on any atom is -0.200 e. The molecule has 9 heteroatoms. The van der Waals surface area contributed by atoms with Crippen LogP contribution in [0.25, 0.3) is 0 Å². The lowest BCUT2D eigenvalue weighted by molar-refractivity contribution is -0.141. The smallest absolute Gasteiger partial charge is 0.200 e. The second-order valence-electron chi connectivity index (χ2n) is 5.74. The zero-order chi connectivity index (χ0) is 18.1. The van der Waals surface area contributed by atoms with E-state index in [1.165, 1.54) is 24.3 Å². The summed E-state index contributed by atoms with van der Waals surface area (Å²) in [5, 5.41) is 3.43. The van der Waals surface area contributed by atoms with Crippen LogP contribution in [0.5, 0.6) is 0 Å². The largest absolute Gasteiger partial charge is 0.435 e. The molecule has 1 aliphatic rings. The molecule has 1 atom stereocenters. The molecule has 0 aliphatic heterocycles. The monoisotopic (exact) mass is 371 g/mol. The minimum absolute atomic E-state index is 0.0517. The van der Waals surface area contributed by atoms with Gasteiger partial charge in [0.1, 0.15) is 0 Å². The molecule has 0 spiro atoms. The Hall–Kier alpha value is -2.29. The van der Waals surface area contributed by atoms with Gasteiger partial charge >= 0.3 is 6.18 Å². The summed E-state index contributed by atoms with van der Waals surface area (Å²) in [6.07, 6.45) is 1.31. The predicted octanol–water partition coefficient (Wildman–Crippen LogP) is 3.66. The third kappa shape index (κ3) is 3.87. The van der Waals surface area contributed by atoms with Crippen LogP contribution in [-0.4, -0.2) is 18.3 Å². The third-order valence-corrected chi connectivity index (χ3v) is 5.23. The number of allylic oxidation sites excluding steroid dienone is 2. The number of sulfonamides is 1. The van der Waals surface area contributed by atoms with Gasteiger partial charge in [-0.2, -0.15) is 31.2 Å². The van der Waals surface area contributed by atoms with Crippen LogP contribution in [0, 0.1) is 0 Å². The maximum atomic E-state index is 13.0. The number of hydrogen-bond donors (Lipinski definition) is 1. The van der Waals surface area contributed by atoms with Crippen LogP contribution in [0.1, 0.15) is 36.6 Å². The average molecular weight is 371 g/mol. The SMILES string of the molecule is O=S(=O)(Nn1nc(C(F)(F)F)cc1C1C=CCCC1)c1ccccc1. The molecule has 3 rings (SSSR count). The van der Waals surface area contributed by atoms with Gasteiger partial charge in [-0.3, -0.25) is 0 Å². The van der Waals surface area contributed by atoms with Crippen LogP contribution in [0.4, 0.5) is 13.2 Å². The van der Waals surface area contributed by atoms with Crippen LogP contribution >= 0.6 is 0 Å². The normalized spacial score (nSPS) is 18.3. The first-order valence-corrected chi connectivity index (χ1v) is 9.17. The van der Waals surface area contributed by atoms with Gasteiger partial charge < -0.3 is 0 Å². The molecular weight excluding hydrogens is 355 g/mol. The summed E-state index contributed by atoms with van der Waals surface area (Å²) < 4.78 is 63.9. The van der Waals surface area contributed by atoms with E-state index in [1.807, 2.05) is 6.08 Å². The second kappa shape index (κ2) is 6.55. The first-order valence-electron chi connectivity index (χ1n) is 7.69. The molecule has 0 radical (unpaired) electrons. The highest BCUT2D eigenvalue weighted by Crippen LogP contribution is 2.33. The number of aromatic nitrogens is 2. The van der Waals surface area contributed by atoms with E-state index in [-0.39, 0.29) is 16.5 Å². The van der Waals surface area contributed by atoms with Crippen molar-refractivity contribution in [3.05, 3.63) is 59.9 Å². The Labute approximate surface area is 143 Å². The van der Waals surface area contributed by atoms with Crippen molar-refractivity contribution in [3.8, 4) is 0 Å². The van der Waals surface area contributed by atoms with Gasteiger partial charge in [0.05, 0.1) is 10.6 Å². The molecule has 0 fully saturated rings. The molecular formula is C16H16F3N3O2S. The molecule has 0 saturated carbocycles. The highest BCUT2D eigenvalue weighted by atomic mass is 32.2. The highest BCUT2D eigenvalue weighted by molar-refractivity contribution is 7.92. The van der Waals surface area contributed by atoms with Crippen molar-refractivity contribution in [2.24, 2.45) is 0 Å². The molecule has 0 bridgehead atoms. The summed E-state index contributed by atoms with van der Waals surface area (Å²) in [6.45, 7) is 0.